The molecule has 2 N–H and O–H groups in total. The summed E-state index contributed by atoms with van der Waals surface area (Å²) in [4.78, 5) is 11.2. The summed E-state index contributed by atoms with van der Waals surface area (Å²) >= 11 is 0. The standard InChI is InChI=1S/C15H12N2O2/c1-9-5-2-3-6-10(9)13-11-7-4-8-12(15(18)19)14(11)17-16-13/h2-8H,1H3,(H,16,17)(H,18,19). The maximum atomic E-state index is 11.2. The van der Waals surface area contributed by atoms with Crippen molar-refractivity contribution in [2.45, 2.75) is 6.92 Å². The van der Waals surface area contributed by atoms with Gasteiger partial charge in [-0.25, -0.2) is 4.79 Å². The molecule has 0 aliphatic rings. The normalized spacial score (nSPS) is 10.8. The summed E-state index contributed by atoms with van der Waals surface area (Å²) < 4.78 is 0. The molecule has 0 saturated heterocycles. The van der Waals surface area contributed by atoms with Crippen LogP contribution in [0, 0.1) is 6.92 Å². The average molecular weight is 252 g/mol. The number of nitrogens with one attached hydrogen (secondary N) is 1. The van der Waals surface area contributed by atoms with Crippen molar-refractivity contribution < 1.29 is 9.90 Å². The Bertz CT molecular complexity index is 775. The van der Waals surface area contributed by atoms with Crippen LogP contribution in [0.3, 0.4) is 0 Å². The molecule has 4 nitrogen and oxygen atoms in total. The van der Waals surface area contributed by atoms with Gasteiger partial charge in [-0.2, -0.15) is 5.10 Å². The molecule has 0 atom stereocenters. The molecule has 0 bridgehead atoms. The third-order valence-electron chi connectivity index (χ3n) is 3.23. The van der Waals surface area contributed by atoms with Crippen LogP contribution in [0.1, 0.15) is 15.9 Å². The average Bonchev–Trinajstić information content (AvgIpc) is 2.82. The van der Waals surface area contributed by atoms with Crippen molar-refractivity contribution in [3.63, 3.8) is 0 Å². The highest BCUT2D eigenvalue weighted by Crippen LogP contribution is 2.29. The summed E-state index contributed by atoms with van der Waals surface area (Å²) in [5.74, 6) is -0.964. The summed E-state index contributed by atoms with van der Waals surface area (Å²) in [6, 6.07) is 13.1. The molecule has 0 saturated carbocycles. The molecule has 0 unspecified atom stereocenters. The molecule has 0 amide bonds. The van der Waals surface area contributed by atoms with Crippen LogP contribution in [0.4, 0.5) is 0 Å². The number of aryl methyl sites for hydroxylation is 1. The Morgan fingerprint density at radius 3 is 2.68 bits per heavy atom. The number of aromatic nitrogens is 2. The number of fused-ring (bicyclic) bond motifs is 1. The Kier molecular flexibility index (Phi) is 2.56. The lowest BCUT2D eigenvalue weighted by Gasteiger charge is -2.03. The Hall–Kier alpha value is -2.62. The number of hydrogen-bond acceptors (Lipinski definition) is 2. The first kappa shape index (κ1) is 11.5. The zero-order valence-corrected chi connectivity index (χ0v) is 10.3. The zero-order chi connectivity index (χ0) is 13.4. The van der Waals surface area contributed by atoms with Crippen LogP contribution in [0.5, 0.6) is 0 Å². The van der Waals surface area contributed by atoms with Gasteiger partial charge in [0.05, 0.1) is 11.3 Å². The number of carboxylic acids is 1. The minimum atomic E-state index is -0.964. The summed E-state index contributed by atoms with van der Waals surface area (Å²) in [6.45, 7) is 2.02. The van der Waals surface area contributed by atoms with Gasteiger partial charge in [0.2, 0.25) is 0 Å². The fraction of sp³-hybridized carbons (Fsp3) is 0.0667. The Labute approximate surface area is 109 Å². The molecule has 4 heteroatoms. The second kappa shape index (κ2) is 4.24. The molecule has 1 heterocycles. The molecule has 3 rings (SSSR count). The van der Waals surface area contributed by atoms with Gasteiger partial charge < -0.3 is 5.11 Å². The van der Waals surface area contributed by atoms with Crippen LogP contribution in [-0.2, 0) is 0 Å². The molecule has 19 heavy (non-hydrogen) atoms. The zero-order valence-electron chi connectivity index (χ0n) is 10.3. The van der Waals surface area contributed by atoms with Crippen LogP contribution in [-0.4, -0.2) is 21.3 Å². The monoisotopic (exact) mass is 252 g/mol. The van der Waals surface area contributed by atoms with E-state index in [1.54, 1.807) is 12.1 Å². The molecule has 94 valence electrons. The van der Waals surface area contributed by atoms with E-state index in [2.05, 4.69) is 10.2 Å². The number of para-hydroxylation sites is 1. The van der Waals surface area contributed by atoms with Crippen LogP contribution < -0.4 is 0 Å². The summed E-state index contributed by atoms with van der Waals surface area (Å²) in [5.41, 5.74) is 3.72. The number of hydrogen-bond donors (Lipinski definition) is 2. The largest absolute Gasteiger partial charge is 0.478 e. The molecule has 0 fully saturated rings. The predicted octanol–water partition coefficient (Wildman–Crippen LogP) is 3.24. The number of H-pyrrole nitrogens is 1. The van der Waals surface area contributed by atoms with Crippen molar-refractivity contribution in [1.29, 1.82) is 0 Å². The molecule has 0 aliphatic carbocycles. The van der Waals surface area contributed by atoms with E-state index in [4.69, 9.17) is 5.11 Å². The minimum Gasteiger partial charge on any atom is -0.478 e. The van der Waals surface area contributed by atoms with Crippen molar-refractivity contribution in [2.75, 3.05) is 0 Å². The topological polar surface area (TPSA) is 66.0 Å². The number of benzene rings is 2. The number of aromatic amines is 1. The summed E-state index contributed by atoms with van der Waals surface area (Å²) in [5, 5.41) is 17.1. The lowest BCUT2D eigenvalue weighted by Crippen LogP contribution is -1.96. The van der Waals surface area contributed by atoms with E-state index in [1.165, 1.54) is 0 Å². The van der Waals surface area contributed by atoms with Gasteiger partial charge in [0, 0.05) is 10.9 Å². The SMILES string of the molecule is Cc1ccccc1-c1[nH]nc2c(C(=O)O)cccc12. The molecular weight excluding hydrogens is 240 g/mol. The van der Waals surface area contributed by atoms with E-state index < -0.39 is 5.97 Å². The predicted molar refractivity (Wildman–Crippen MR) is 73.2 cm³/mol. The van der Waals surface area contributed by atoms with Crippen LogP contribution in [0.15, 0.2) is 42.5 Å². The molecule has 0 aliphatic heterocycles. The highest BCUT2D eigenvalue weighted by atomic mass is 16.4. The second-order valence-corrected chi connectivity index (χ2v) is 4.42. The Morgan fingerprint density at radius 1 is 1.16 bits per heavy atom. The molecule has 3 aromatic rings. The molecule has 0 spiro atoms. The van der Waals surface area contributed by atoms with E-state index in [9.17, 15) is 4.79 Å². The maximum absolute atomic E-state index is 11.2. The van der Waals surface area contributed by atoms with Crippen LogP contribution >= 0.6 is 0 Å². The first-order chi connectivity index (χ1) is 9.18. The third kappa shape index (κ3) is 1.78. The second-order valence-electron chi connectivity index (χ2n) is 4.42. The van der Waals surface area contributed by atoms with Gasteiger partial charge in [-0.1, -0.05) is 36.4 Å². The molecule has 2 aromatic carbocycles. The fourth-order valence-electron chi connectivity index (χ4n) is 2.27. The number of carbonyl (C=O) groups is 1. The van der Waals surface area contributed by atoms with Gasteiger partial charge in [0.15, 0.2) is 0 Å². The van der Waals surface area contributed by atoms with Crippen molar-refractivity contribution in [2.24, 2.45) is 0 Å². The molecular formula is C15H12N2O2. The van der Waals surface area contributed by atoms with E-state index >= 15 is 0 Å². The van der Waals surface area contributed by atoms with Crippen molar-refractivity contribution in [3.8, 4) is 11.3 Å². The van der Waals surface area contributed by atoms with E-state index in [1.807, 2.05) is 37.3 Å². The minimum absolute atomic E-state index is 0.216. The quantitative estimate of drug-likeness (QED) is 0.735. The third-order valence-corrected chi connectivity index (χ3v) is 3.23. The summed E-state index contributed by atoms with van der Waals surface area (Å²) in [6.07, 6.45) is 0. The maximum Gasteiger partial charge on any atom is 0.337 e. The smallest absolute Gasteiger partial charge is 0.337 e. The highest BCUT2D eigenvalue weighted by Gasteiger charge is 2.15. The van der Waals surface area contributed by atoms with Gasteiger partial charge in [0.1, 0.15) is 5.52 Å². The van der Waals surface area contributed by atoms with Gasteiger partial charge in [0.25, 0.3) is 0 Å². The Balaban J connectivity index is 2.31. The van der Waals surface area contributed by atoms with Gasteiger partial charge >= 0.3 is 5.97 Å². The lowest BCUT2D eigenvalue weighted by molar-refractivity contribution is 0.0699. The van der Waals surface area contributed by atoms with Crippen molar-refractivity contribution in [3.05, 3.63) is 53.6 Å². The van der Waals surface area contributed by atoms with E-state index in [-0.39, 0.29) is 5.56 Å². The van der Waals surface area contributed by atoms with Gasteiger partial charge in [-0.3, -0.25) is 5.10 Å². The van der Waals surface area contributed by atoms with Gasteiger partial charge in [-0.15, -0.1) is 0 Å². The number of rotatable bonds is 2. The first-order valence-electron chi connectivity index (χ1n) is 5.95. The van der Waals surface area contributed by atoms with E-state index in [0.717, 1.165) is 22.2 Å². The lowest BCUT2D eigenvalue weighted by atomic mass is 10.0. The Morgan fingerprint density at radius 2 is 1.95 bits per heavy atom. The van der Waals surface area contributed by atoms with Crippen LogP contribution in [0.25, 0.3) is 22.2 Å². The molecule has 1 aromatic heterocycles. The van der Waals surface area contributed by atoms with Gasteiger partial charge in [-0.05, 0) is 18.6 Å². The fourth-order valence-corrected chi connectivity index (χ4v) is 2.27. The summed E-state index contributed by atoms with van der Waals surface area (Å²) in [7, 11) is 0. The van der Waals surface area contributed by atoms with Crippen molar-refractivity contribution in [1.82, 2.24) is 10.2 Å². The number of nitrogens with zero attached hydrogens (tertiary/aromatic N) is 1. The highest BCUT2D eigenvalue weighted by molar-refractivity contribution is 6.05. The van der Waals surface area contributed by atoms with Crippen molar-refractivity contribution >= 4 is 16.9 Å². The number of aromatic carboxylic acids is 1. The van der Waals surface area contributed by atoms with E-state index in [0.29, 0.717) is 5.52 Å². The van der Waals surface area contributed by atoms with Crippen LogP contribution in [0.2, 0.25) is 0 Å². The molecule has 0 radical (unpaired) electrons. The first-order valence-corrected chi connectivity index (χ1v) is 5.95. The number of carboxylic acid groups (broad SMARTS) is 1.